The zero-order valence-electron chi connectivity index (χ0n) is 28.6. The van der Waals surface area contributed by atoms with E-state index in [0.717, 1.165) is 6.26 Å². The van der Waals surface area contributed by atoms with Crippen LogP contribution in [0.2, 0.25) is 0 Å². The van der Waals surface area contributed by atoms with Gasteiger partial charge in [0.15, 0.2) is 0 Å². The van der Waals surface area contributed by atoms with Crippen molar-refractivity contribution in [3.63, 3.8) is 0 Å². The molecule has 0 saturated heterocycles. The first kappa shape index (κ1) is 38.2. The van der Waals surface area contributed by atoms with E-state index in [-0.39, 0.29) is 17.2 Å². The van der Waals surface area contributed by atoms with Crippen molar-refractivity contribution >= 4 is 38.9 Å². The van der Waals surface area contributed by atoms with Crippen LogP contribution in [0, 0.1) is 0 Å². The van der Waals surface area contributed by atoms with Crippen LogP contribution in [0.4, 0.5) is 14.4 Å². The first-order chi connectivity index (χ1) is 21.9. The molecule has 0 spiro atoms. The molecule has 0 aliphatic heterocycles. The lowest BCUT2D eigenvalue weighted by atomic mass is 10.2. The van der Waals surface area contributed by atoms with E-state index in [0.29, 0.717) is 14.7 Å². The Bertz CT molecular complexity index is 1520. The molecule has 0 atom stereocenters. The Balaban J connectivity index is 2.13. The number of rotatable bonds is 8. The van der Waals surface area contributed by atoms with Crippen LogP contribution in [-0.2, 0) is 28.0 Å². The summed E-state index contributed by atoms with van der Waals surface area (Å²) in [7, 11) is -7.27. The molecule has 0 heterocycles. The van der Waals surface area contributed by atoms with Crippen LogP contribution >= 0.6 is 10.3 Å². The molecule has 0 unspecified atom stereocenters. The average Bonchev–Trinajstić information content (AvgIpc) is 2.89. The molecule has 0 N–H and O–H groups in total. The van der Waals surface area contributed by atoms with E-state index in [1.165, 1.54) is 36.4 Å². The van der Waals surface area contributed by atoms with Gasteiger partial charge >= 0.3 is 18.5 Å². The minimum absolute atomic E-state index is 0.142. The van der Waals surface area contributed by atoms with Crippen LogP contribution in [-0.4, -0.2) is 49.9 Å². The normalized spacial score (nSPS) is 12.8. The van der Waals surface area contributed by atoms with Gasteiger partial charge in [0.25, 0.3) is 10.1 Å². The fraction of sp³-hybridized carbons (Fsp3) is 0.382. The summed E-state index contributed by atoms with van der Waals surface area (Å²) in [6, 6.07) is 18.3. The minimum Gasteiger partial charge on any atom is -0.428 e. The van der Waals surface area contributed by atoms with Gasteiger partial charge in [0.2, 0.25) is 0 Å². The largest absolute Gasteiger partial charge is 0.514 e. The molecule has 0 saturated carbocycles. The SMILES string of the molecule is CC(C)(C)OC(=O)Oc1ccc(S(OS(C)(=O)=O)(c2ccc(OC(=O)OC(C)(C)C)cc2)c2ccc(OC(=O)OC(C)(C)C)cc2)cc1. The lowest BCUT2D eigenvalue weighted by Gasteiger charge is -2.39. The summed E-state index contributed by atoms with van der Waals surface area (Å²) in [4.78, 5) is 38.0. The van der Waals surface area contributed by atoms with E-state index in [1.807, 2.05) is 0 Å². The van der Waals surface area contributed by atoms with Crippen molar-refractivity contribution in [2.45, 2.75) is 93.8 Å². The molecule has 0 aliphatic carbocycles. The summed E-state index contributed by atoms with van der Waals surface area (Å²) >= 11 is 0. The van der Waals surface area contributed by atoms with Gasteiger partial charge in [-0.25, -0.2) is 18.0 Å². The van der Waals surface area contributed by atoms with Crippen LogP contribution in [0.1, 0.15) is 62.3 Å². The Morgan fingerprint density at radius 3 is 0.875 bits per heavy atom. The predicted molar refractivity (Wildman–Crippen MR) is 178 cm³/mol. The molecular weight excluding hydrogens is 664 g/mol. The van der Waals surface area contributed by atoms with Gasteiger partial charge in [0, 0.05) is 14.7 Å². The Morgan fingerprint density at radius 2 is 0.688 bits per heavy atom. The second kappa shape index (κ2) is 14.5. The molecule has 12 nitrogen and oxygen atoms in total. The molecule has 3 aromatic carbocycles. The van der Waals surface area contributed by atoms with Crippen LogP contribution < -0.4 is 14.2 Å². The van der Waals surface area contributed by atoms with E-state index < -0.39 is 55.7 Å². The van der Waals surface area contributed by atoms with E-state index >= 15 is 0 Å². The fourth-order valence-electron chi connectivity index (χ4n) is 3.91. The molecule has 262 valence electrons. The molecule has 0 aliphatic rings. The highest BCUT2D eigenvalue weighted by molar-refractivity contribution is 8.33. The van der Waals surface area contributed by atoms with Crippen LogP contribution in [0.5, 0.6) is 17.2 Å². The predicted octanol–water partition coefficient (Wildman–Crippen LogP) is 8.80. The number of hydrogen-bond donors (Lipinski definition) is 0. The summed E-state index contributed by atoms with van der Waals surface area (Å²) in [6.45, 7) is 15.3. The Morgan fingerprint density at radius 1 is 0.458 bits per heavy atom. The zero-order chi connectivity index (χ0) is 36.1. The molecule has 0 fully saturated rings. The van der Waals surface area contributed by atoms with Crippen LogP contribution in [0.25, 0.3) is 0 Å². The fourth-order valence-corrected chi connectivity index (χ4v) is 8.71. The van der Waals surface area contributed by atoms with Crippen molar-refractivity contribution in [2.24, 2.45) is 0 Å². The van der Waals surface area contributed by atoms with Crippen molar-refractivity contribution in [3.8, 4) is 17.2 Å². The summed E-state index contributed by atoms with van der Waals surface area (Å²) in [6.07, 6.45) is -1.82. The van der Waals surface area contributed by atoms with Crippen LogP contribution in [0.3, 0.4) is 0 Å². The van der Waals surface area contributed by atoms with Gasteiger partial charge < -0.3 is 28.4 Å². The van der Waals surface area contributed by atoms with Gasteiger partial charge in [0.1, 0.15) is 34.1 Å². The molecule has 3 rings (SSSR count). The van der Waals surface area contributed by atoms with Gasteiger partial charge in [-0.05, 0) is 145 Å². The Kier molecular flexibility index (Phi) is 11.5. The molecule has 0 bridgehead atoms. The van der Waals surface area contributed by atoms with E-state index in [2.05, 4.69) is 0 Å². The molecule has 3 aromatic rings. The minimum atomic E-state index is -4.15. The maximum Gasteiger partial charge on any atom is 0.514 e. The standard InChI is InChI=1S/C34H42O12S2/c1-32(2,3)43-29(35)40-23-11-17-26(18-12-23)48(46-47(10,38)39,27-19-13-24(14-20-27)41-30(36)44-33(4,5)6)28-21-15-25(16-22-28)42-31(37)45-34(7,8)9/h11-22H,1-10H3. The molecule has 14 heteroatoms. The molecule has 0 amide bonds. The van der Waals surface area contributed by atoms with Crippen molar-refractivity contribution < 1.29 is 54.9 Å². The van der Waals surface area contributed by atoms with Crippen molar-refractivity contribution in [3.05, 3.63) is 72.8 Å². The van der Waals surface area contributed by atoms with Gasteiger partial charge in [-0.1, -0.05) is 0 Å². The number of carbonyl (C=O) groups is 3. The van der Waals surface area contributed by atoms with E-state index in [4.69, 9.17) is 32.1 Å². The molecule has 48 heavy (non-hydrogen) atoms. The van der Waals surface area contributed by atoms with Crippen molar-refractivity contribution in [1.82, 2.24) is 0 Å². The second-order valence-electron chi connectivity index (χ2n) is 13.4. The number of hydrogen-bond acceptors (Lipinski definition) is 12. The summed E-state index contributed by atoms with van der Waals surface area (Å²) in [5, 5.41) is 0. The van der Waals surface area contributed by atoms with E-state index in [9.17, 15) is 22.8 Å². The monoisotopic (exact) mass is 706 g/mol. The molecule has 0 radical (unpaired) electrons. The summed E-state index contributed by atoms with van der Waals surface area (Å²) in [5.41, 5.74) is -2.34. The third kappa shape index (κ3) is 11.8. The van der Waals surface area contributed by atoms with Crippen molar-refractivity contribution in [2.75, 3.05) is 6.26 Å². The highest BCUT2D eigenvalue weighted by atomic mass is 32.3. The lowest BCUT2D eigenvalue weighted by Crippen LogP contribution is -2.26. The highest BCUT2D eigenvalue weighted by Gasteiger charge is 2.37. The molecule has 0 aromatic heterocycles. The number of ether oxygens (including phenoxy) is 6. The average molecular weight is 707 g/mol. The van der Waals surface area contributed by atoms with Gasteiger partial charge in [0.05, 0.1) is 6.26 Å². The highest BCUT2D eigenvalue weighted by Crippen LogP contribution is 2.70. The van der Waals surface area contributed by atoms with Gasteiger partial charge in [-0.15, -0.1) is 0 Å². The summed E-state index contributed by atoms with van der Waals surface area (Å²) < 4.78 is 63.5. The maximum absolute atomic E-state index is 12.9. The first-order valence-corrected chi connectivity index (χ1v) is 18.1. The van der Waals surface area contributed by atoms with E-state index in [1.54, 1.807) is 98.7 Å². The topological polar surface area (TPSA) is 150 Å². The molecular formula is C34H42O12S2. The van der Waals surface area contributed by atoms with Gasteiger partial charge in [-0.3, -0.25) is 0 Å². The Hall–Kier alpha value is -4.27. The van der Waals surface area contributed by atoms with Crippen LogP contribution in [0.15, 0.2) is 87.5 Å². The Labute approximate surface area is 283 Å². The zero-order valence-corrected chi connectivity index (χ0v) is 30.3. The third-order valence-corrected chi connectivity index (χ3v) is 10.1. The number of carbonyl (C=O) groups excluding carboxylic acids is 3. The van der Waals surface area contributed by atoms with Crippen molar-refractivity contribution in [1.29, 1.82) is 0 Å². The van der Waals surface area contributed by atoms with Gasteiger partial charge in [-0.2, -0.15) is 8.42 Å². The first-order valence-electron chi connectivity index (χ1n) is 14.7. The maximum atomic E-state index is 12.9. The number of benzene rings is 3. The second-order valence-corrected chi connectivity index (χ2v) is 17.9. The summed E-state index contributed by atoms with van der Waals surface area (Å²) in [5.74, 6) is 0.425. The lowest BCUT2D eigenvalue weighted by molar-refractivity contribution is 0.0193. The smallest absolute Gasteiger partial charge is 0.428 e. The quantitative estimate of drug-likeness (QED) is 0.125. The third-order valence-electron chi connectivity index (χ3n) is 5.46.